The molecule has 9 heteroatoms. The van der Waals surface area contributed by atoms with Crippen LogP contribution in [0.25, 0.3) is 0 Å². The Bertz CT molecular complexity index is 1010. The fourth-order valence-electron chi connectivity index (χ4n) is 3.06. The van der Waals surface area contributed by atoms with Gasteiger partial charge in [-0.3, -0.25) is 4.31 Å². The van der Waals surface area contributed by atoms with E-state index in [1.165, 1.54) is 28.6 Å². The van der Waals surface area contributed by atoms with Crippen LogP contribution in [-0.4, -0.2) is 29.6 Å². The van der Waals surface area contributed by atoms with Crippen molar-refractivity contribution in [1.82, 2.24) is 4.72 Å². The lowest BCUT2D eigenvalue weighted by Crippen LogP contribution is -2.40. The highest BCUT2D eigenvalue weighted by molar-refractivity contribution is 7.92. The molecule has 140 valence electrons. The summed E-state index contributed by atoms with van der Waals surface area (Å²) in [7, 11) is -7.12. The highest BCUT2D eigenvalue weighted by atomic mass is 32.2. The summed E-state index contributed by atoms with van der Waals surface area (Å²) in [4.78, 5) is 0. The predicted octanol–water partition coefficient (Wildman–Crippen LogP) is 2.16. The second-order valence-electron chi connectivity index (χ2n) is 6.24. The van der Waals surface area contributed by atoms with Crippen LogP contribution in [0.2, 0.25) is 0 Å². The lowest BCUT2D eigenvalue weighted by atomic mass is 9.99. The maximum atomic E-state index is 13.0. The van der Waals surface area contributed by atoms with Crippen molar-refractivity contribution in [2.24, 2.45) is 0 Å². The molecule has 2 aromatic rings. The summed E-state index contributed by atoms with van der Waals surface area (Å²) < 4.78 is 65.8. The van der Waals surface area contributed by atoms with Gasteiger partial charge < -0.3 is 0 Å². The molecule has 0 aromatic heterocycles. The highest BCUT2D eigenvalue weighted by Crippen LogP contribution is 2.35. The van der Waals surface area contributed by atoms with E-state index in [2.05, 4.69) is 4.72 Å². The van der Waals surface area contributed by atoms with Gasteiger partial charge in [-0.2, -0.15) is 0 Å². The van der Waals surface area contributed by atoms with Gasteiger partial charge in [0, 0.05) is 6.54 Å². The molecule has 6 nitrogen and oxygen atoms in total. The molecular formula is C17H19FN2O4S2. The molecule has 1 unspecified atom stereocenters. The van der Waals surface area contributed by atoms with Crippen molar-refractivity contribution in [1.29, 1.82) is 0 Å². The number of sulfonamides is 2. The quantitative estimate of drug-likeness (QED) is 0.837. The van der Waals surface area contributed by atoms with Crippen LogP contribution in [0.4, 0.5) is 10.1 Å². The van der Waals surface area contributed by atoms with Crippen LogP contribution in [0.5, 0.6) is 0 Å². The van der Waals surface area contributed by atoms with Gasteiger partial charge >= 0.3 is 0 Å². The molecule has 1 aliphatic heterocycles. The van der Waals surface area contributed by atoms with Crippen molar-refractivity contribution in [2.75, 3.05) is 17.1 Å². The summed E-state index contributed by atoms with van der Waals surface area (Å²) in [6.45, 7) is 0.194. The third kappa shape index (κ3) is 4.22. The molecule has 2 aromatic carbocycles. The fourth-order valence-corrected chi connectivity index (χ4v) is 5.41. The molecule has 26 heavy (non-hydrogen) atoms. The molecule has 0 spiro atoms. The molecule has 1 heterocycles. The number of hydrogen-bond donors (Lipinski definition) is 1. The van der Waals surface area contributed by atoms with E-state index in [1.54, 1.807) is 24.3 Å². The summed E-state index contributed by atoms with van der Waals surface area (Å²) >= 11 is 0. The minimum Gasteiger partial charge on any atom is -0.270 e. The van der Waals surface area contributed by atoms with E-state index in [0.29, 0.717) is 23.2 Å². The molecule has 0 saturated heterocycles. The van der Waals surface area contributed by atoms with Crippen molar-refractivity contribution >= 4 is 25.7 Å². The van der Waals surface area contributed by atoms with E-state index in [9.17, 15) is 21.2 Å². The number of hydrogen-bond acceptors (Lipinski definition) is 4. The first-order valence-electron chi connectivity index (χ1n) is 7.97. The third-order valence-electron chi connectivity index (χ3n) is 4.19. The van der Waals surface area contributed by atoms with Gasteiger partial charge in [0.15, 0.2) is 0 Å². The van der Waals surface area contributed by atoms with Crippen molar-refractivity contribution in [3.63, 3.8) is 0 Å². The average molecular weight is 398 g/mol. The van der Waals surface area contributed by atoms with Crippen LogP contribution >= 0.6 is 0 Å². The van der Waals surface area contributed by atoms with Crippen molar-refractivity contribution in [2.45, 2.75) is 18.2 Å². The van der Waals surface area contributed by atoms with Gasteiger partial charge in [0.2, 0.25) is 20.0 Å². The van der Waals surface area contributed by atoms with Crippen molar-refractivity contribution in [3.8, 4) is 0 Å². The number of benzene rings is 2. The topological polar surface area (TPSA) is 83.6 Å². The van der Waals surface area contributed by atoms with Crippen LogP contribution in [0.1, 0.15) is 23.6 Å². The molecular weight excluding hydrogens is 379 g/mol. The van der Waals surface area contributed by atoms with Crippen LogP contribution in [0.3, 0.4) is 0 Å². The number of halogens is 1. The number of rotatable bonds is 5. The number of fused-ring (bicyclic) bond motifs is 1. The Morgan fingerprint density at radius 3 is 2.38 bits per heavy atom. The molecule has 0 fully saturated rings. The Morgan fingerprint density at radius 1 is 1.08 bits per heavy atom. The lowest BCUT2D eigenvalue weighted by molar-refractivity contribution is 0.530. The Balaban J connectivity index is 1.84. The third-order valence-corrected chi connectivity index (χ3v) is 6.73. The first-order valence-corrected chi connectivity index (χ1v) is 11.5. The molecule has 0 aliphatic carbocycles. The van der Waals surface area contributed by atoms with E-state index in [1.807, 2.05) is 0 Å². The first kappa shape index (κ1) is 18.8. The van der Waals surface area contributed by atoms with Gasteiger partial charge in [-0.15, -0.1) is 0 Å². The van der Waals surface area contributed by atoms with E-state index >= 15 is 0 Å². The van der Waals surface area contributed by atoms with Gasteiger partial charge in [0.1, 0.15) is 5.82 Å². The summed E-state index contributed by atoms with van der Waals surface area (Å²) in [5, 5.41) is 0. The largest absolute Gasteiger partial charge is 0.270 e. The zero-order chi connectivity index (χ0) is 18.9. The smallest absolute Gasteiger partial charge is 0.232 e. The Morgan fingerprint density at radius 2 is 1.73 bits per heavy atom. The number of para-hydroxylation sites is 1. The van der Waals surface area contributed by atoms with Crippen LogP contribution in [-0.2, 0) is 25.8 Å². The number of nitrogens with one attached hydrogen (secondary N) is 1. The van der Waals surface area contributed by atoms with Gasteiger partial charge in [-0.1, -0.05) is 30.3 Å². The monoisotopic (exact) mass is 398 g/mol. The predicted molar refractivity (Wildman–Crippen MR) is 98.1 cm³/mol. The summed E-state index contributed by atoms with van der Waals surface area (Å²) in [5.74, 6) is -0.706. The molecule has 1 aliphatic rings. The normalized spacial score (nSPS) is 17.8. The maximum absolute atomic E-state index is 13.0. The van der Waals surface area contributed by atoms with Crippen LogP contribution in [0, 0.1) is 5.82 Å². The average Bonchev–Trinajstić information content (AvgIpc) is 2.55. The molecule has 3 rings (SSSR count). The molecule has 1 N–H and O–H groups in total. The van der Waals surface area contributed by atoms with E-state index in [4.69, 9.17) is 0 Å². The lowest BCUT2D eigenvalue weighted by Gasteiger charge is -2.34. The number of nitrogens with zero attached hydrogens (tertiary/aromatic N) is 1. The van der Waals surface area contributed by atoms with Crippen molar-refractivity contribution in [3.05, 3.63) is 65.5 Å². The molecule has 1 atom stereocenters. The Kier molecular flexibility index (Phi) is 5.05. The van der Waals surface area contributed by atoms with Crippen molar-refractivity contribution < 1.29 is 21.2 Å². The summed E-state index contributed by atoms with van der Waals surface area (Å²) in [5.41, 5.74) is 1.57. The van der Waals surface area contributed by atoms with Crippen LogP contribution < -0.4 is 9.03 Å². The second kappa shape index (κ2) is 6.98. The molecule has 0 radical (unpaired) electrons. The zero-order valence-electron chi connectivity index (χ0n) is 14.1. The zero-order valence-corrected chi connectivity index (χ0v) is 15.7. The molecule has 0 amide bonds. The minimum absolute atomic E-state index is 0.194. The summed E-state index contributed by atoms with van der Waals surface area (Å²) in [6, 6.07) is 11.6. The molecule has 0 saturated carbocycles. The first-order chi connectivity index (χ1) is 12.2. The Hall–Kier alpha value is -1.97. The van der Waals surface area contributed by atoms with Gasteiger partial charge in [-0.05, 0) is 35.7 Å². The standard InChI is InChI=1S/C17H19FN2O4S2/c1-25(21,22)20-11-10-16(15-4-2-3-5-17(15)20)19-26(23,24)12-13-6-8-14(18)9-7-13/h2-9,16,19H,10-12H2,1H3. The maximum Gasteiger partial charge on any atom is 0.232 e. The fraction of sp³-hybridized carbons (Fsp3) is 0.294. The minimum atomic E-state index is -3.68. The number of anilines is 1. The second-order valence-corrected chi connectivity index (χ2v) is 9.90. The van der Waals surface area contributed by atoms with E-state index in [-0.39, 0.29) is 12.3 Å². The van der Waals surface area contributed by atoms with Gasteiger partial charge in [0.05, 0.1) is 23.7 Å². The molecule has 0 bridgehead atoms. The van der Waals surface area contributed by atoms with Gasteiger partial charge in [-0.25, -0.2) is 25.9 Å². The Labute approximate surface area is 152 Å². The van der Waals surface area contributed by atoms with Gasteiger partial charge in [0.25, 0.3) is 0 Å². The van der Waals surface area contributed by atoms with Crippen LogP contribution in [0.15, 0.2) is 48.5 Å². The summed E-state index contributed by atoms with van der Waals surface area (Å²) in [6.07, 6.45) is 1.45. The highest BCUT2D eigenvalue weighted by Gasteiger charge is 2.31. The SMILES string of the molecule is CS(=O)(=O)N1CCC(NS(=O)(=O)Cc2ccc(F)cc2)c2ccccc21. The van der Waals surface area contributed by atoms with E-state index < -0.39 is 31.9 Å². The van der Waals surface area contributed by atoms with E-state index in [0.717, 1.165) is 6.26 Å².